The second kappa shape index (κ2) is 3.88. The van der Waals surface area contributed by atoms with E-state index >= 15 is 0 Å². The van der Waals surface area contributed by atoms with Crippen LogP contribution in [0.15, 0.2) is 42.2 Å². The van der Waals surface area contributed by atoms with Crippen LogP contribution in [0.2, 0.25) is 0 Å². The fraction of sp³-hybridized carbons (Fsp3) is 0.111. The Labute approximate surface area is 76.9 Å². The van der Waals surface area contributed by atoms with Gasteiger partial charge in [-0.1, -0.05) is 36.9 Å². The highest BCUT2D eigenvalue weighted by molar-refractivity contribution is 7.56. The Kier molecular flexibility index (Phi) is 3.04. The molecule has 1 aromatic rings. The Hall–Kier alpha value is -0.890. The van der Waals surface area contributed by atoms with Crippen LogP contribution in [-0.4, -0.2) is 9.79 Å². The van der Waals surface area contributed by atoms with Crippen molar-refractivity contribution >= 4 is 7.60 Å². The molecule has 0 amide bonds. The standard InChI is InChI=1S/C9H11O3P/c1-8(13(10,11)12)7-9-5-3-2-4-6-9/h2-6H,1,7H2,(H2,10,11,12). The average Bonchev–Trinajstić information content (AvgIpc) is 2.04. The van der Waals surface area contributed by atoms with Gasteiger partial charge in [-0.3, -0.25) is 4.57 Å². The molecule has 1 aromatic carbocycles. The number of allylic oxidation sites excluding steroid dienone is 1. The third kappa shape index (κ3) is 3.15. The fourth-order valence-electron chi connectivity index (χ4n) is 0.934. The third-order valence-corrected chi connectivity index (χ3v) is 2.64. The fourth-order valence-corrected chi connectivity index (χ4v) is 1.32. The van der Waals surface area contributed by atoms with E-state index < -0.39 is 7.60 Å². The van der Waals surface area contributed by atoms with Gasteiger partial charge >= 0.3 is 7.60 Å². The van der Waals surface area contributed by atoms with Crippen molar-refractivity contribution in [3.63, 3.8) is 0 Å². The molecule has 2 N–H and O–H groups in total. The maximum Gasteiger partial charge on any atom is 0.351 e. The Balaban J connectivity index is 2.72. The van der Waals surface area contributed by atoms with E-state index in [1.807, 2.05) is 18.2 Å². The van der Waals surface area contributed by atoms with Crippen molar-refractivity contribution < 1.29 is 14.4 Å². The molecule has 70 valence electrons. The molecule has 0 atom stereocenters. The normalized spacial score (nSPS) is 11.2. The predicted molar refractivity (Wildman–Crippen MR) is 51.3 cm³/mol. The number of benzene rings is 1. The summed E-state index contributed by atoms with van der Waals surface area (Å²) in [5.41, 5.74) is 0.857. The molecule has 0 aliphatic rings. The lowest BCUT2D eigenvalue weighted by atomic mass is 10.1. The van der Waals surface area contributed by atoms with E-state index in [4.69, 9.17) is 9.79 Å². The van der Waals surface area contributed by atoms with Gasteiger partial charge in [-0.2, -0.15) is 0 Å². The van der Waals surface area contributed by atoms with Crippen molar-refractivity contribution in [1.29, 1.82) is 0 Å². The molecule has 0 saturated carbocycles. The van der Waals surface area contributed by atoms with Crippen LogP contribution in [0.1, 0.15) is 5.56 Å². The summed E-state index contributed by atoms with van der Waals surface area (Å²) in [5.74, 6) is 0. The zero-order valence-electron chi connectivity index (χ0n) is 7.05. The van der Waals surface area contributed by atoms with Crippen LogP contribution in [0, 0.1) is 0 Å². The quantitative estimate of drug-likeness (QED) is 0.729. The topological polar surface area (TPSA) is 57.5 Å². The van der Waals surface area contributed by atoms with E-state index in [2.05, 4.69) is 6.58 Å². The predicted octanol–water partition coefficient (Wildman–Crippen LogP) is 1.92. The van der Waals surface area contributed by atoms with Gasteiger partial charge in [-0.05, 0) is 5.56 Å². The van der Waals surface area contributed by atoms with Gasteiger partial charge in [0.15, 0.2) is 0 Å². The summed E-state index contributed by atoms with van der Waals surface area (Å²) in [6.45, 7) is 3.36. The van der Waals surface area contributed by atoms with Crippen LogP contribution in [0.25, 0.3) is 0 Å². The Bertz CT molecular complexity index is 339. The minimum Gasteiger partial charge on any atom is -0.321 e. The van der Waals surface area contributed by atoms with E-state index in [-0.39, 0.29) is 11.7 Å². The zero-order valence-corrected chi connectivity index (χ0v) is 7.95. The summed E-state index contributed by atoms with van der Waals surface area (Å²) in [4.78, 5) is 17.5. The molecule has 0 bridgehead atoms. The third-order valence-electron chi connectivity index (χ3n) is 1.66. The van der Waals surface area contributed by atoms with Gasteiger partial charge in [0.25, 0.3) is 0 Å². The van der Waals surface area contributed by atoms with Gasteiger partial charge in [0.2, 0.25) is 0 Å². The van der Waals surface area contributed by atoms with Gasteiger partial charge in [0.1, 0.15) is 0 Å². The van der Waals surface area contributed by atoms with Crippen LogP contribution >= 0.6 is 7.60 Å². The summed E-state index contributed by atoms with van der Waals surface area (Å²) in [7, 11) is -4.12. The van der Waals surface area contributed by atoms with Gasteiger partial charge in [0, 0.05) is 11.7 Å². The smallest absolute Gasteiger partial charge is 0.321 e. The largest absolute Gasteiger partial charge is 0.351 e. The van der Waals surface area contributed by atoms with E-state index in [1.54, 1.807) is 12.1 Å². The van der Waals surface area contributed by atoms with E-state index in [0.717, 1.165) is 5.56 Å². The van der Waals surface area contributed by atoms with Gasteiger partial charge in [-0.25, -0.2) is 0 Å². The summed E-state index contributed by atoms with van der Waals surface area (Å²) in [6.07, 6.45) is 0.227. The van der Waals surface area contributed by atoms with Gasteiger partial charge < -0.3 is 9.79 Å². The molecular formula is C9H11O3P. The van der Waals surface area contributed by atoms with Crippen molar-refractivity contribution in [3.05, 3.63) is 47.8 Å². The molecule has 0 unspecified atom stereocenters. The van der Waals surface area contributed by atoms with E-state index in [0.29, 0.717) is 0 Å². The SMILES string of the molecule is C=C(Cc1ccccc1)P(=O)(O)O. The molecule has 3 nitrogen and oxygen atoms in total. The molecule has 13 heavy (non-hydrogen) atoms. The summed E-state index contributed by atoms with van der Waals surface area (Å²) < 4.78 is 10.7. The van der Waals surface area contributed by atoms with Crippen LogP contribution in [0.3, 0.4) is 0 Å². The monoisotopic (exact) mass is 198 g/mol. The van der Waals surface area contributed by atoms with Crippen LogP contribution in [0.4, 0.5) is 0 Å². The lowest BCUT2D eigenvalue weighted by Gasteiger charge is -2.06. The molecule has 0 radical (unpaired) electrons. The lowest BCUT2D eigenvalue weighted by molar-refractivity contribution is 0.381. The summed E-state index contributed by atoms with van der Waals surface area (Å²) >= 11 is 0. The molecule has 0 fully saturated rings. The number of hydrogen-bond donors (Lipinski definition) is 2. The summed E-state index contributed by atoms with van der Waals surface area (Å²) in [6, 6.07) is 9.11. The molecular weight excluding hydrogens is 187 g/mol. The van der Waals surface area contributed by atoms with Crippen LogP contribution < -0.4 is 0 Å². The van der Waals surface area contributed by atoms with Crippen molar-refractivity contribution in [2.75, 3.05) is 0 Å². The lowest BCUT2D eigenvalue weighted by Crippen LogP contribution is -1.90. The Morgan fingerprint density at radius 1 is 1.31 bits per heavy atom. The van der Waals surface area contributed by atoms with Crippen molar-refractivity contribution in [1.82, 2.24) is 0 Å². The first-order valence-corrected chi connectivity index (χ1v) is 5.39. The molecule has 0 aliphatic heterocycles. The number of hydrogen-bond acceptors (Lipinski definition) is 1. The maximum absolute atomic E-state index is 10.7. The van der Waals surface area contributed by atoms with Crippen molar-refractivity contribution in [2.45, 2.75) is 6.42 Å². The van der Waals surface area contributed by atoms with Crippen molar-refractivity contribution in [2.24, 2.45) is 0 Å². The van der Waals surface area contributed by atoms with Crippen LogP contribution in [0.5, 0.6) is 0 Å². The second-order valence-electron chi connectivity index (χ2n) is 2.77. The molecule has 4 heteroatoms. The van der Waals surface area contributed by atoms with Gasteiger partial charge in [-0.15, -0.1) is 0 Å². The first kappa shape index (κ1) is 10.2. The Morgan fingerprint density at radius 2 is 1.85 bits per heavy atom. The molecule has 0 spiro atoms. The molecule has 0 saturated heterocycles. The highest BCUT2D eigenvalue weighted by Gasteiger charge is 2.17. The maximum atomic E-state index is 10.7. The van der Waals surface area contributed by atoms with Crippen molar-refractivity contribution in [3.8, 4) is 0 Å². The van der Waals surface area contributed by atoms with E-state index in [1.165, 1.54) is 0 Å². The number of rotatable bonds is 3. The summed E-state index contributed by atoms with van der Waals surface area (Å²) in [5, 5.41) is -0.0429. The first-order valence-electron chi connectivity index (χ1n) is 3.78. The molecule has 0 heterocycles. The molecule has 0 aromatic heterocycles. The van der Waals surface area contributed by atoms with Gasteiger partial charge in [0.05, 0.1) is 0 Å². The van der Waals surface area contributed by atoms with Crippen LogP contribution in [-0.2, 0) is 11.0 Å². The highest BCUT2D eigenvalue weighted by atomic mass is 31.2. The first-order chi connectivity index (χ1) is 6.00. The Morgan fingerprint density at radius 3 is 2.31 bits per heavy atom. The zero-order chi connectivity index (χ0) is 9.90. The second-order valence-corrected chi connectivity index (χ2v) is 4.49. The minimum absolute atomic E-state index is 0.0429. The average molecular weight is 198 g/mol. The minimum atomic E-state index is -4.12. The molecule has 1 rings (SSSR count). The molecule has 0 aliphatic carbocycles. The highest BCUT2D eigenvalue weighted by Crippen LogP contribution is 2.45. The van der Waals surface area contributed by atoms with E-state index in [9.17, 15) is 4.57 Å².